The Morgan fingerprint density at radius 3 is 2.14 bits per heavy atom. The summed E-state index contributed by atoms with van der Waals surface area (Å²) in [6, 6.07) is 0. The summed E-state index contributed by atoms with van der Waals surface area (Å²) in [5, 5.41) is 0. The van der Waals surface area contributed by atoms with Crippen LogP contribution in [0.5, 0.6) is 0 Å². The van der Waals surface area contributed by atoms with Gasteiger partial charge in [-0.2, -0.15) is 0 Å². The molecule has 2 heteroatoms. The average Bonchev–Trinajstić information content (AvgIpc) is 3.16. The lowest BCUT2D eigenvalue weighted by Gasteiger charge is -2.42. The maximum Gasteiger partial charge on any atom is 0.312 e. The first kappa shape index (κ1) is 17.8. The lowest BCUT2D eigenvalue weighted by molar-refractivity contribution is -0.178. The smallest absolute Gasteiger partial charge is 0.312 e. The topological polar surface area (TPSA) is 26.3 Å². The van der Waals surface area contributed by atoms with E-state index in [1.165, 1.54) is 32.1 Å². The van der Waals surface area contributed by atoms with Crippen LogP contribution in [0, 0.1) is 23.2 Å². The Hall–Kier alpha value is -0.530. The Kier molecular flexibility index (Phi) is 5.61. The molecule has 0 radical (unpaired) electrons. The molecule has 0 N–H and O–H groups in total. The summed E-state index contributed by atoms with van der Waals surface area (Å²) in [7, 11) is 0. The van der Waals surface area contributed by atoms with E-state index in [4.69, 9.17) is 4.74 Å². The van der Waals surface area contributed by atoms with Gasteiger partial charge in [0.15, 0.2) is 0 Å². The number of hydrogen-bond donors (Lipinski definition) is 0. The molecule has 128 valence electrons. The highest BCUT2D eigenvalue weighted by Gasteiger charge is 2.59. The predicted molar refractivity (Wildman–Crippen MR) is 91.6 cm³/mol. The van der Waals surface area contributed by atoms with E-state index in [0.29, 0.717) is 17.8 Å². The van der Waals surface area contributed by atoms with E-state index in [1.54, 1.807) is 0 Å². The van der Waals surface area contributed by atoms with Gasteiger partial charge in [-0.25, -0.2) is 0 Å². The van der Waals surface area contributed by atoms with E-state index in [0.717, 1.165) is 25.7 Å². The van der Waals surface area contributed by atoms with Crippen molar-refractivity contribution < 1.29 is 9.53 Å². The molecule has 2 aliphatic carbocycles. The van der Waals surface area contributed by atoms with Crippen molar-refractivity contribution in [2.24, 2.45) is 23.2 Å². The molecule has 0 aromatic heterocycles. The van der Waals surface area contributed by atoms with Gasteiger partial charge < -0.3 is 4.74 Å². The van der Waals surface area contributed by atoms with Gasteiger partial charge in [0, 0.05) is 0 Å². The molecule has 2 saturated carbocycles. The van der Waals surface area contributed by atoms with E-state index < -0.39 is 0 Å². The number of rotatable bonds is 7. The Morgan fingerprint density at radius 2 is 1.73 bits per heavy atom. The molecule has 0 amide bonds. The number of hydrogen-bond acceptors (Lipinski definition) is 2. The van der Waals surface area contributed by atoms with Gasteiger partial charge in [0.1, 0.15) is 5.60 Å². The minimum atomic E-state index is -0.205. The molecule has 22 heavy (non-hydrogen) atoms. The fraction of sp³-hybridized carbons (Fsp3) is 0.950. The summed E-state index contributed by atoms with van der Waals surface area (Å²) in [6.45, 7) is 11.1. The molecule has 2 atom stereocenters. The quantitative estimate of drug-likeness (QED) is 0.560. The van der Waals surface area contributed by atoms with Gasteiger partial charge in [0.2, 0.25) is 0 Å². The molecule has 2 unspecified atom stereocenters. The van der Waals surface area contributed by atoms with Crippen molar-refractivity contribution in [3.05, 3.63) is 0 Å². The third-order valence-corrected chi connectivity index (χ3v) is 6.47. The van der Waals surface area contributed by atoms with Crippen molar-refractivity contribution in [1.29, 1.82) is 0 Å². The minimum absolute atomic E-state index is 0.114. The van der Waals surface area contributed by atoms with Crippen molar-refractivity contribution in [2.75, 3.05) is 0 Å². The normalized spacial score (nSPS) is 29.6. The zero-order valence-corrected chi connectivity index (χ0v) is 15.4. The number of ether oxygens (including phenoxy) is 1. The van der Waals surface area contributed by atoms with E-state index in [9.17, 15) is 4.79 Å². The minimum Gasteiger partial charge on any atom is -0.458 e. The van der Waals surface area contributed by atoms with Crippen LogP contribution in [0.3, 0.4) is 0 Å². The zero-order chi connectivity index (χ0) is 16.4. The molecule has 0 aromatic rings. The van der Waals surface area contributed by atoms with Crippen LogP contribution in [-0.2, 0) is 9.53 Å². The highest BCUT2D eigenvalue weighted by Crippen LogP contribution is 2.58. The molecular formula is C20H36O2. The van der Waals surface area contributed by atoms with E-state index in [-0.39, 0.29) is 17.0 Å². The maximum absolute atomic E-state index is 13.0. The van der Waals surface area contributed by atoms with Gasteiger partial charge in [-0.3, -0.25) is 4.79 Å². The monoisotopic (exact) mass is 308 g/mol. The molecule has 0 bridgehead atoms. The number of carbonyl (C=O) groups is 1. The van der Waals surface area contributed by atoms with Crippen LogP contribution >= 0.6 is 0 Å². The van der Waals surface area contributed by atoms with Crippen LogP contribution in [0.25, 0.3) is 0 Å². The van der Waals surface area contributed by atoms with Gasteiger partial charge in [-0.15, -0.1) is 0 Å². The molecule has 0 aliphatic heterocycles. The zero-order valence-electron chi connectivity index (χ0n) is 15.4. The molecule has 2 nitrogen and oxygen atoms in total. The lowest BCUT2D eigenvalue weighted by atomic mass is 9.74. The first-order chi connectivity index (χ1) is 10.4. The van der Waals surface area contributed by atoms with Gasteiger partial charge >= 0.3 is 5.97 Å². The van der Waals surface area contributed by atoms with E-state index >= 15 is 0 Å². The highest BCUT2D eigenvalue weighted by atomic mass is 16.6. The average molecular weight is 309 g/mol. The summed E-state index contributed by atoms with van der Waals surface area (Å²) < 4.78 is 6.34. The first-order valence-corrected chi connectivity index (χ1v) is 9.63. The maximum atomic E-state index is 13.0. The molecule has 0 heterocycles. The Labute approximate surface area is 137 Å². The van der Waals surface area contributed by atoms with Crippen LogP contribution < -0.4 is 0 Å². The predicted octanol–water partition coefficient (Wildman–Crippen LogP) is 5.74. The molecule has 2 fully saturated rings. The third kappa shape index (κ3) is 3.36. The van der Waals surface area contributed by atoms with Gasteiger partial charge in [-0.05, 0) is 56.3 Å². The second-order valence-corrected chi connectivity index (χ2v) is 8.36. The first-order valence-electron chi connectivity index (χ1n) is 9.63. The van der Waals surface area contributed by atoms with Gasteiger partial charge in [-0.1, -0.05) is 53.9 Å². The van der Waals surface area contributed by atoms with Crippen LogP contribution in [0.1, 0.15) is 92.4 Å². The Morgan fingerprint density at radius 1 is 1.18 bits per heavy atom. The van der Waals surface area contributed by atoms with Crippen molar-refractivity contribution in [2.45, 2.75) is 98.0 Å². The second kappa shape index (κ2) is 6.93. The highest BCUT2D eigenvalue weighted by molar-refractivity contribution is 5.81. The molecule has 0 aromatic carbocycles. The SMILES string of the molecule is CCC(CC)(OC(=O)C1(CC(C)C)CC1C)C1CCCCC1. The van der Waals surface area contributed by atoms with Crippen molar-refractivity contribution in [3.63, 3.8) is 0 Å². The summed E-state index contributed by atoms with van der Waals surface area (Å²) in [4.78, 5) is 13.0. The third-order valence-electron chi connectivity index (χ3n) is 6.47. The van der Waals surface area contributed by atoms with Crippen LogP contribution in [0.4, 0.5) is 0 Å². The molecule has 2 aliphatic rings. The van der Waals surface area contributed by atoms with Gasteiger partial charge in [0.25, 0.3) is 0 Å². The van der Waals surface area contributed by atoms with E-state index in [2.05, 4.69) is 34.6 Å². The summed E-state index contributed by atoms with van der Waals surface area (Å²) >= 11 is 0. The number of esters is 1. The fourth-order valence-corrected chi connectivity index (χ4v) is 4.84. The largest absolute Gasteiger partial charge is 0.458 e. The van der Waals surface area contributed by atoms with E-state index in [1.807, 2.05) is 0 Å². The van der Waals surface area contributed by atoms with Crippen molar-refractivity contribution in [3.8, 4) is 0 Å². The van der Waals surface area contributed by atoms with Crippen molar-refractivity contribution >= 4 is 5.97 Å². The summed E-state index contributed by atoms with van der Waals surface area (Å²) in [5.74, 6) is 1.75. The van der Waals surface area contributed by atoms with Gasteiger partial charge in [0.05, 0.1) is 5.41 Å². The standard InChI is InChI=1S/C20H36O2/c1-6-20(7-2,17-11-9-8-10-12-17)22-18(21)19(13-15(3)4)14-16(19)5/h15-17H,6-14H2,1-5H3. The molecule has 2 rings (SSSR count). The van der Waals surface area contributed by atoms with Crippen molar-refractivity contribution in [1.82, 2.24) is 0 Å². The summed E-state index contributed by atoms with van der Waals surface area (Å²) in [6.07, 6.45) is 10.4. The number of carbonyl (C=O) groups excluding carboxylic acids is 1. The lowest BCUT2D eigenvalue weighted by Crippen LogP contribution is -2.44. The Bertz CT molecular complexity index is 377. The molecular weight excluding hydrogens is 272 g/mol. The molecule has 0 saturated heterocycles. The van der Waals surface area contributed by atoms with Crippen LogP contribution in [0.2, 0.25) is 0 Å². The molecule has 0 spiro atoms. The Balaban J connectivity index is 2.11. The van der Waals surface area contributed by atoms with Crippen LogP contribution in [-0.4, -0.2) is 11.6 Å². The second-order valence-electron chi connectivity index (χ2n) is 8.36. The fourth-order valence-electron chi connectivity index (χ4n) is 4.84. The van der Waals surface area contributed by atoms with Crippen LogP contribution in [0.15, 0.2) is 0 Å². The summed E-state index contributed by atoms with van der Waals surface area (Å²) in [5.41, 5.74) is -0.373.